The molecule has 5 heteroatoms. The summed E-state index contributed by atoms with van der Waals surface area (Å²) < 4.78 is 5.05. The van der Waals surface area contributed by atoms with E-state index in [1.54, 1.807) is 7.11 Å². The van der Waals surface area contributed by atoms with Gasteiger partial charge in [-0.25, -0.2) is 4.98 Å². The number of aromatic amines is 1. The Balaban J connectivity index is 1.79. The van der Waals surface area contributed by atoms with Crippen LogP contribution < -0.4 is 5.56 Å². The van der Waals surface area contributed by atoms with Crippen LogP contribution in [0, 0.1) is 0 Å². The summed E-state index contributed by atoms with van der Waals surface area (Å²) in [6, 6.07) is 10.4. The molecule has 3 rings (SSSR count). The fourth-order valence-corrected chi connectivity index (χ4v) is 2.73. The Labute approximate surface area is 123 Å². The predicted octanol–water partition coefficient (Wildman–Crippen LogP) is 1.47. The minimum Gasteiger partial charge on any atom is -0.377 e. The Bertz CT molecular complexity index is 667. The van der Waals surface area contributed by atoms with Crippen molar-refractivity contribution in [2.75, 3.05) is 13.7 Å². The Morgan fingerprint density at radius 1 is 1.33 bits per heavy atom. The highest BCUT2D eigenvalue weighted by Crippen LogP contribution is 2.16. The number of nitrogens with one attached hydrogen (secondary N) is 1. The third-order valence-electron chi connectivity index (χ3n) is 3.73. The second kappa shape index (κ2) is 6.20. The maximum atomic E-state index is 12.1. The number of methoxy groups -OCH3 is 1. The average molecular weight is 285 g/mol. The van der Waals surface area contributed by atoms with Gasteiger partial charge >= 0.3 is 0 Å². The van der Waals surface area contributed by atoms with Gasteiger partial charge in [0.05, 0.1) is 5.69 Å². The summed E-state index contributed by atoms with van der Waals surface area (Å²) in [5.74, 6) is 0.600. The summed E-state index contributed by atoms with van der Waals surface area (Å²) in [5.41, 5.74) is 2.96. The zero-order chi connectivity index (χ0) is 14.7. The zero-order valence-electron chi connectivity index (χ0n) is 12.1. The van der Waals surface area contributed by atoms with Crippen LogP contribution in [-0.4, -0.2) is 28.5 Å². The first-order valence-corrected chi connectivity index (χ1v) is 7.12. The third-order valence-corrected chi connectivity index (χ3v) is 3.73. The van der Waals surface area contributed by atoms with Crippen LogP contribution in [0.15, 0.2) is 35.1 Å². The number of rotatable bonds is 4. The molecule has 0 saturated heterocycles. The van der Waals surface area contributed by atoms with E-state index >= 15 is 0 Å². The summed E-state index contributed by atoms with van der Waals surface area (Å²) in [7, 11) is 1.60. The van der Waals surface area contributed by atoms with Gasteiger partial charge in [-0.05, 0) is 12.0 Å². The van der Waals surface area contributed by atoms with Gasteiger partial charge in [0.2, 0.25) is 0 Å². The van der Waals surface area contributed by atoms with Crippen LogP contribution in [-0.2, 0) is 30.9 Å². The summed E-state index contributed by atoms with van der Waals surface area (Å²) in [6.07, 6.45) is 0.748. The lowest BCUT2D eigenvalue weighted by Gasteiger charge is -2.27. The topological polar surface area (TPSA) is 58.2 Å². The second-order valence-corrected chi connectivity index (χ2v) is 5.32. The van der Waals surface area contributed by atoms with Crippen molar-refractivity contribution in [2.24, 2.45) is 0 Å². The Hall–Kier alpha value is -1.98. The molecule has 21 heavy (non-hydrogen) atoms. The quantitative estimate of drug-likeness (QED) is 0.924. The van der Waals surface area contributed by atoms with E-state index in [0.717, 1.165) is 30.8 Å². The molecule has 0 amide bonds. The third kappa shape index (κ3) is 3.20. The molecular formula is C16H19N3O2. The first-order valence-electron chi connectivity index (χ1n) is 7.12. The number of fused-ring (bicyclic) bond motifs is 1. The fourth-order valence-electron chi connectivity index (χ4n) is 2.73. The predicted molar refractivity (Wildman–Crippen MR) is 79.8 cm³/mol. The van der Waals surface area contributed by atoms with Crippen molar-refractivity contribution in [1.82, 2.24) is 14.9 Å². The van der Waals surface area contributed by atoms with Gasteiger partial charge in [0.15, 0.2) is 0 Å². The van der Waals surface area contributed by atoms with Gasteiger partial charge in [0.25, 0.3) is 5.56 Å². The van der Waals surface area contributed by atoms with Gasteiger partial charge < -0.3 is 9.72 Å². The Morgan fingerprint density at radius 3 is 2.90 bits per heavy atom. The van der Waals surface area contributed by atoms with Crippen LogP contribution in [0.25, 0.3) is 0 Å². The van der Waals surface area contributed by atoms with Crippen molar-refractivity contribution >= 4 is 0 Å². The molecule has 1 aromatic carbocycles. The van der Waals surface area contributed by atoms with E-state index in [1.165, 1.54) is 5.56 Å². The van der Waals surface area contributed by atoms with E-state index in [9.17, 15) is 4.79 Å². The lowest BCUT2D eigenvalue weighted by Crippen LogP contribution is -2.35. The molecule has 0 spiro atoms. The van der Waals surface area contributed by atoms with Gasteiger partial charge in [-0.2, -0.15) is 0 Å². The fraction of sp³-hybridized carbons (Fsp3) is 0.375. The Kier molecular flexibility index (Phi) is 4.13. The number of aromatic nitrogens is 2. The number of H-pyrrole nitrogens is 1. The first-order chi connectivity index (χ1) is 10.3. The summed E-state index contributed by atoms with van der Waals surface area (Å²) in [5, 5.41) is 0. The van der Waals surface area contributed by atoms with Crippen molar-refractivity contribution in [3.63, 3.8) is 0 Å². The molecule has 1 aliphatic rings. The highest BCUT2D eigenvalue weighted by Gasteiger charge is 2.20. The average Bonchev–Trinajstić information content (AvgIpc) is 2.48. The van der Waals surface area contributed by atoms with Crippen LogP contribution in [0.4, 0.5) is 0 Å². The zero-order valence-corrected chi connectivity index (χ0v) is 12.1. The van der Waals surface area contributed by atoms with Crippen LogP contribution >= 0.6 is 0 Å². The van der Waals surface area contributed by atoms with E-state index in [4.69, 9.17) is 4.74 Å². The SMILES string of the molecule is COCc1nc2c(c(=O)[nH]1)CCN(Cc1ccccc1)C2. The van der Waals surface area contributed by atoms with E-state index in [2.05, 4.69) is 27.0 Å². The molecule has 1 aromatic heterocycles. The van der Waals surface area contributed by atoms with Crippen LogP contribution in [0.3, 0.4) is 0 Å². The molecular weight excluding hydrogens is 266 g/mol. The molecule has 0 fully saturated rings. The molecule has 0 unspecified atom stereocenters. The highest BCUT2D eigenvalue weighted by molar-refractivity contribution is 5.22. The lowest BCUT2D eigenvalue weighted by molar-refractivity contribution is 0.175. The molecule has 1 N–H and O–H groups in total. The number of benzene rings is 1. The number of hydrogen-bond acceptors (Lipinski definition) is 4. The van der Waals surface area contributed by atoms with Crippen molar-refractivity contribution in [1.29, 1.82) is 0 Å². The van der Waals surface area contributed by atoms with Gasteiger partial charge in [0, 0.05) is 32.3 Å². The van der Waals surface area contributed by atoms with Gasteiger partial charge in [-0.3, -0.25) is 9.69 Å². The second-order valence-electron chi connectivity index (χ2n) is 5.32. The largest absolute Gasteiger partial charge is 0.377 e. The van der Waals surface area contributed by atoms with Crippen LogP contribution in [0.1, 0.15) is 22.6 Å². The van der Waals surface area contributed by atoms with Crippen molar-refractivity contribution in [3.05, 3.63) is 63.3 Å². The van der Waals surface area contributed by atoms with Crippen LogP contribution in [0.2, 0.25) is 0 Å². The number of ether oxygens (including phenoxy) is 1. The molecule has 0 bridgehead atoms. The smallest absolute Gasteiger partial charge is 0.254 e. The molecule has 2 aromatic rings. The monoisotopic (exact) mass is 285 g/mol. The molecule has 0 atom stereocenters. The molecule has 1 aliphatic heterocycles. The van der Waals surface area contributed by atoms with E-state index in [0.29, 0.717) is 19.0 Å². The minimum absolute atomic E-state index is 0.0218. The van der Waals surface area contributed by atoms with Gasteiger partial charge in [-0.15, -0.1) is 0 Å². The van der Waals surface area contributed by atoms with E-state index in [1.807, 2.05) is 18.2 Å². The standard InChI is InChI=1S/C16H19N3O2/c1-21-11-15-17-14-10-19(8-7-13(14)16(20)18-15)9-12-5-3-2-4-6-12/h2-6H,7-11H2,1H3,(H,17,18,20). The molecule has 0 radical (unpaired) electrons. The van der Waals surface area contributed by atoms with Crippen LogP contribution in [0.5, 0.6) is 0 Å². The minimum atomic E-state index is -0.0218. The first kappa shape index (κ1) is 14.0. The van der Waals surface area contributed by atoms with Crippen molar-refractivity contribution < 1.29 is 4.74 Å². The maximum absolute atomic E-state index is 12.1. The molecule has 2 heterocycles. The Morgan fingerprint density at radius 2 is 2.14 bits per heavy atom. The summed E-state index contributed by atoms with van der Waals surface area (Å²) >= 11 is 0. The maximum Gasteiger partial charge on any atom is 0.254 e. The van der Waals surface area contributed by atoms with Crippen molar-refractivity contribution in [3.8, 4) is 0 Å². The number of hydrogen-bond donors (Lipinski definition) is 1. The molecule has 5 nitrogen and oxygen atoms in total. The molecule has 0 aliphatic carbocycles. The summed E-state index contributed by atoms with van der Waals surface area (Å²) in [6.45, 7) is 2.82. The lowest BCUT2D eigenvalue weighted by atomic mass is 10.1. The van der Waals surface area contributed by atoms with Gasteiger partial charge in [-0.1, -0.05) is 30.3 Å². The van der Waals surface area contributed by atoms with E-state index in [-0.39, 0.29) is 5.56 Å². The number of nitrogens with zero attached hydrogens (tertiary/aromatic N) is 2. The van der Waals surface area contributed by atoms with E-state index < -0.39 is 0 Å². The normalized spacial score (nSPS) is 14.9. The summed E-state index contributed by atoms with van der Waals surface area (Å²) in [4.78, 5) is 21.7. The van der Waals surface area contributed by atoms with Crippen molar-refractivity contribution in [2.45, 2.75) is 26.1 Å². The molecule has 110 valence electrons. The molecule has 0 saturated carbocycles. The highest BCUT2D eigenvalue weighted by atomic mass is 16.5. The van der Waals surface area contributed by atoms with Gasteiger partial charge in [0.1, 0.15) is 12.4 Å².